The molecule has 0 aliphatic heterocycles. The van der Waals surface area contributed by atoms with Gasteiger partial charge in [0.05, 0.1) is 0 Å². The van der Waals surface area contributed by atoms with Gasteiger partial charge in [0.15, 0.2) is 0 Å². The van der Waals surface area contributed by atoms with Gasteiger partial charge in [0, 0.05) is 5.92 Å². The van der Waals surface area contributed by atoms with Crippen molar-refractivity contribution in [3.63, 3.8) is 0 Å². The second kappa shape index (κ2) is 11.0. The summed E-state index contributed by atoms with van der Waals surface area (Å²) in [6.07, 6.45) is 7.08. The maximum absolute atomic E-state index is 4.46. The first kappa shape index (κ1) is 21.3. The molecule has 0 saturated heterocycles. The lowest BCUT2D eigenvalue weighted by Gasteiger charge is -2.23. The van der Waals surface area contributed by atoms with Gasteiger partial charge in [-0.15, -0.1) is 0 Å². The van der Waals surface area contributed by atoms with Crippen LogP contribution in [0.5, 0.6) is 0 Å². The minimum Gasteiger partial charge on any atom is -0.0995 e. The molecule has 0 radical (unpaired) electrons. The zero-order valence-corrected chi connectivity index (χ0v) is 17.6. The highest BCUT2D eigenvalue weighted by Gasteiger charge is 2.19. The molecule has 1 atom stereocenters. The van der Waals surface area contributed by atoms with E-state index in [2.05, 4.69) is 111 Å². The Labute approximate surface area is 181 Å². The summed E-state index contributed by atoms with van der Waals surface area (Å²) in [5, 5.41) is 0. The van der Waals surface area contributed by atoms with E-state index in [0.717, 1.165) is 30.4 Å². The third-order valence-electron chi connectivity index (χ3n) is 5.35. The van der Waals surface area contributed by atoms with Crippen LogP contribution in [0.4, 0.5) is 0 Å². The fourth-order valence-corrected chi connectivity index (χ4v) is 3.66. The van der Waals surface area contributed by atoms with Crippen LogP contribution < -0.4 is 0 Å². The monoisotopic (exact) mass is 390 g/mol. The highest BCUT2D eigenvalue weighted by molar-refractivity contribution is 5.72. The summed E-state index contributed by atoms with van der Waals surface area (Å²) in [6, 6.07) is 31.3. The highest BCUT2D eigenvalue weighted by atomic mass is 14.2. The van der Waals surface area contributed by atoms with Gasteiger partial charge in [-0.1, -0.05) is 134 Å². The number of hydrogen-bond acceptors (Lipinski definition) is 0. The molecule has 0 fully saturated rings. The standard InChI is InChI=1S/C30H30/c1-24(14-13-17-27-15-7-4-8-16-27)22-23-25(2)30(29-20-11-6-12-21-29)26(3)28-18-9-5-10-19-28/h4-13,15-21,30H,1-3,14,22-23H2. The zero-order valence-electron chi connectivity index (χ0n) is 17.6. The summed E-state index contributed by atoms with van der Waals surface area (Å²) in [5.74, 6) is 0.112. The van der Waals surface area contributed by atoms with Crippen molar-refractivity contribution in [3.8, 4) is 0 Å². The topological polar surface area (TPSA) is 0 Å². The molecular weight excluding hydrogens is 360 g/mol. The third kappa shape index (κ3) is 6.06. The van der Waals surface area contributed by atoms with E-state index >= 15 is 0 Å². The van der Waals surface area contributed by atoms with E-state index in [1.165, 1.54) is 22.3 Å². The van der Waals surface area contributed by atoms with Crippen LogP contribution in [0.2, 0.25) is 0 Å². The second-order valence-electron chi connectivity index (χ2n) is 7.66. The van der Waals surface area contributed by atoms with Gasteiger partial charge in [-0.3, -0.25) is 0 Å². The van der Waals surface area contributed by atoms with Crippen LogP contribution in [0.3, 0.4) is 0 Å². The molecular formula is C30H30. The Kier molecular flexibility index (Phi) is 7.80. The van der Waals surface area contributed by atoms with Gasteiger partial charge in [0.25, 0.3) is 0 Å². The van der Waals surface area contributed by atoms with Gasteiger partial charge in [-0.25, -0.2) is 0 Å². The maximum Gasteiger partial charge on any atom is 0.0296 e. The summed E-state index contributed by atoms with van der Waals surface area (Å²) in [5.41, 5.74) is 7.13. The number of hydrogen-bond donors (Lipinski definition) is 0. The molecule has 3 aromatic rings. The second-order valence-corrected chi connectivity index (χ2v) is 7.66. The lowest BCUT2D eigenvalue weighted by atomic mass is 9.81. The summed E-state index contributed by atoms with van der Waals surface area (Å²) in [6.45, 7) is 13.2. The van der Waals surface area contributed by atoms with Crippen molar-refractivity contribution < 1.29 is 0 Å². The lowest BCUT2D eigenvalue weighted by Crippen LogP contribution is -2.05. The van der Waals surface area contributed by atoms with Crippen molar-refractivity contribution in [3.05, 3.63) is 145 Å². The van der Waals surface area contributed by atoms with Crippen molar-refractivity contribution in [1.82, 2.24) is 0 Å². The molecule has 0 heterocycles. The van der Waals surface area contributed by atoms with Crippen molar-refractivity contribution >= 4 is 11.6 Å². The number of benzene rings is 3. The molecule has 0 aliphatic rings. The van der Waals surface area contributed by atoms with E-state index < -0.39 is 0 Å². The van der Waals surface area contributed by atoms with E-state index in [-0.39, 0.29) is 5.92 Å². The van der Waals surface area contributed by atoms with Crippen molar-refractivity contribution in [2.24, 2.45) is 0 Å². The van der Waals surface area contributed by atoms with E-state index in [4.69, 9.17) is 0 Å². The van der Waals surface area contributed by atoms with Gasteiger partial charge in [0.1, 0.15) is 0 Å². The molecule has 3 rings (SSSR count). The van der Waals surface area contributed by atoms with E-state index in [0.29, 0.717) is 0 Å². The number of rotatable bonds is 10. The van der Waals surface area contributed by atoms with Crippen molar-refractivity contribution in [2.75, 3.05) is 0 Å². The Morgan fingerprint density at radius 2 is 1.27 bits per heavy atom. The van der Waals surface area contributed by atoms with E-state index in [1.807, 2.05) is 12.1 Å². The summed E-state index contributed by atoms with van der Waals surface area (Å²) < 4.78 is 0. The fourth-order valence-electron chi connectivity index (χ4n) is 3.66. The Morgan fingerprint density at radius 3 is 1.90 bits per heavy atom. The molecule has 0 N–H and O–H groups in total. The van der Waals surface area contributed by atoms with E-state index in [9.17, 15) is 0 Å². The predicted octanol–water partition coefficient (Wildman–Crippen LogP) is 8.48. The normalized spacial score (nSPS) is 11.9. The highest BCUT2D eigenvalue weighted by Crippen LogP contribution is 2.38. The Balaban J connectivity index is 1.64. The molecule has 30 heavy (non-hydrogen) atoms. The first-order valence-corrected chi connectivity index (χ1v) is 10.5. The maximum atomic E-state index is 4.46. The molecule has 0 heteroatoms. The minimum absolute atomic E-state index is 0.112. The van der Waals surface area contributed by atoms with Crippen LogP contribution in [0.15, 0.2) is 128 Å². The average Bonchev–Trinajstić information content (AvgIpc) is 2.80. The summed E-state index contributed by atoms with van der Waals surface area (Å²) in [4.78, 5) is 0. The first-order valence-electron chi connectivity index (χ1n) is 10.5. The Morgan fingerprint density at radius 1 is 0.700 bits per heavy atom. The quantitative estimate of drug-likeness (QED) is 0.304. The van der Waals surface area contributed by atoms with Gasteiger partial charge in [0.2, 0.25) is 0 Å². The van der Waals surface area contributed by atoms with Gasteiger partial charge >= 0.3 is 0 Å². The van der Waals surface area contributed by atoms with E-state index in [1.54, 1.807) is 0 Å². The third-order valence-corrected chi connectivity index (χ3v) is 5.35. The molecule has 0 bridgehead atoms. The lowest BCUT2D eigenvalue weighted by molar-refractivity contribution is 0.842. The molecule has 1 unspecified atom stereocenters. The molecule has 0 aromatic heterocycles. The molecule has 150 valence electrons. The van der Waals surface area contributed by atoms with Crippen LogP contribution in [-0.2, 0) is 0 Å². The minimum atomic E-state index is 0.112. The smallest absolute Gasteiger partial charge is 0.0296 e. The first-order chi connectivity index (χ1) is 14.6. The summed E-state index contributed by atoms with van der Waals surface area (Å²) >= 11 is 0. The predicted molar refractivity (Wildman–Crippen MR) is 132 cm³/mol. The molecule has 0 aliphatic carbocycles. The van der Waals surface area contributed by atoms with Crippen LogP contribution >= 0.6 is 0 Å². The molecule has 3 aromatic carbocycles. The van der Waals surface area contributed by atoms with Crippen molar-refractivity contribution in [1.29, 1.82) is 0 Å². The van der Waals surface area contributed by atoms with Crippen LogP contribution in [0.1, 0.15) is 41.9 Å². The van der Waals surface area contributed by atoms with Crippen LogP contribution in [-0.4, -0.2) is 0 Å². The molecule has 0 saturated carbocycles. The molecule has 0 nitrogen and oxygen atoms in total. The fraction of sp³-hybridized carbons (Fsp3) is 0.133. The number of allylic oxidation sites excluding steroid dienone is 4. The van der Waals surface area contributed by atoms with Gasteiger partial charge < -0.3 is 0 Å². The molecule has 0 amide bonds. The summed E-state index contributed by atoms with van der Waals surface area (Å²) in [7, 11) is 0. The molecule has 0 spiro atoms. The largest absolute Gasteiger partial charge is 0.0995 e. The Bertz CT molecular complexity index is 992. The zero-order chi connectivity index (χ0) is 21.2. The van der Waals surface area contributed by atoms with Crippen LogP contribution in [0, 0.1) is 0 Å². The Hall–Kier alpha value is -3.38. The average molecular weight is 391 g/mol. The van der Waals surface area contributed by atoms with Gasteiger partial charge in [-0.2, -0.15) is 0 Å². The van der Waals surface area contributed by atoms with Crippen molar-refractivity contribution in [2.45, 2.75) is 25.2 Å². The van der Waals surface area contributed by atoms with Crippen LogP contribution in [0.25, 0.3) is 11.6 Å². The van der Waals surface area contributed by atoms with Gasteiger partial charge in [-0.05, 0) is 41.5 Å². The SMILES string of the molecule is C=C(CC=Cc1ccccc1)CCC(=C)C(C(=C)c1ccccc1)c1ccccc1.